The van der Waals surface area contributed by atoms with E-state index in [0.29, 0.717) is 30.7 Å². The number of nitrogen functional groups attached to an aromatic ring is 1. The molecule has 2 N–H and O–H groups in total. The Morgan fingerprint density at radius 1 is 1.45 bits per heavy atom. The molecule has 0 spiro atoms. The predicted octanol–water partition coefficient (Wildman–Crippen LogP) is 2.18. The van der Waals surface area contributed by atoms with Crippen LogP contribution in [0.3, 0.4) is 0 Å². The number of anilines is 1. The van der Waals surface area contributed by atoms with E-state index in [1.54, 1.807) is 12.1 Å². The van der Waals surface area contributed by atoms with Crippen LogP contribution in [0.1, 0.15) is 40.6 Å². The zero-order valence-electron chi connectivity index (χ0n) is 11.3. The van der Waals surface area contributed by atoms with E-state index in [4.69, 9.17) is 14.7 Å². The van der Waals surface area contributed by atoms with Gasteiger partial charge >= 0.3 is 0 Å². The van der Waals surface area contributed by atoms with Crippen molar-refractivity contribution in [1.82, 2.24) is 10.1 Å². The topological polar surface area (TPSA) is 85.5 Å². The smallest absolute Gasteiger partial charge is 0.289 e. The summed E-state index contributed by atoms with van der Waals surface area (Å²) in [5, 5.41) is 4.04. The van der Waals surface area contributed by atoms with Crippen molar-refractivity contribution < 1.29 is 13.7 Å². The van der Waals surface area contributed by atoms with Crippen molar-refractivity contribution in [2.45, 2.75) is 25.7 Å². The summed E-state index contributed by atoms with van der Waals surface area (Å²) in [6.45, 7) is 3.30. The first-order valence-electron chi connectivity index (χ1n) is 6.71. The highest BCUT2D eigenvalue weighted by Gasteiger charge is 2.28. The van der Waals surface area contributed by atoms with Crippen LogP contribution in [0.2, 0.25) is 0 Å². The van der Waals surface area contributed by atoms with Gasteiger partial charge in [0.15, 0.2) is 5.76 Å². The maximum absolute atomic E-state index is 12.2. The molecular formula is C14H17N3O3. The van der Waals surface area contributed by atoms with Crippen molar-refractivity contribution in [2.24, 2.45) is 0 Å². The number of carbonyl (C=O) groups is 1. The average molecular weight is 275 g/mol. The maximum atomic E-state index is 12.2. The lowest BCUT2D eigenvalue weighted by atomic mass is 9.91. The van der Waals surface area contributed by atoms with Crippen molar-refractivity contribution in [3.05, 3.63) is 35.4 Å². The van der Waals surface area contributed by atoms with Crippen molar-refractivity contribution in [3.63, 3.8) is 0 Å². The van der Waals surface area contributed by atoms with Crippen LogP contribution in [0.15, 0.2) is 27.3 Å². The summed E-state index contributed by atoms with van der Waals surface area (Å²) in [6, 6.07) is 3.42. The minimum absolute atomic E-state index is 0.0511. The molecule has 6 nitrogen and oxygen atoms in total. The van der Waals surface area contributed by atoms with Crippen LogP contribution in [0.4, 0.5) is 5.88 Å². The molecule has 0 aromatic carbocycles. The fraction of sp³-hybridized carbons (Fsp3) is 0.429. The van der Waals surface area contributed by atoms with E-state index in [2.05, 4.69) is 5.16 Å². The summed E-state index contributed by atoms with van der Waals surface area (Å²) in [5.41, 5.74) is 7.52. The Kier molecular flexibility index (Phi) is 3.22. The van der Waals surface area contributed by atoms with Gasteiger partial charge in [-0.2, -0.15) is 0 Å². The average Bonchev–Trinajstić information content (AvgIpc) is 3.10. The van der Waals surface area contributed by atoms with E-state index in [9.17, 15) is 4.79 Å². The number of carbonyl (C=O) groups excluding carboxylic acids is 1. The largest absolute Gasteiger partial charge is 0.459 e. The molecule has 1 saturated heterocycles. The van der Waals surface area contributed by atoms with E-state index in [1.165, 1.54) is 6.26 Å². The third-order valence-electron chi connectivity index (χ3n) is 3.90. The molecular weight excluding hydrogens is 258 g/mol. The van der Waals surface area contributed by atoms with Gasteiger partial charge in [0.25, 0.3) is 5.91 Å². The molecule has 3 rings (SSSR count). The van der Waals surface area contributed by atoms with Crippen LogP contribution in [0.5, 0.6) is 0 Å². The molecule has 0 atom stereocenters. The van der Waals surface area contributed by atoms with Gasteiger partial charge in [-0.25, -0.2) is 0 Å². The highest BCUT2D eigenvalue weighted by Crippen LogP contribution is 2.31. The van der Waals surface area contributed by atoms with Crippen molar-refractivity contribution in [1.29, 1.82) is 0 Å². The Morgan fingerprint density at radius 3 is 2.75 bits per heavy atom. The molecule has 0 bridgehead atoms. The molecule has 20 heavy (non-hydrogen) atoms. The Morgan fingerprint density at radius 2 is 2.20 bits per heavy atom. The number of furan rings is 1. The number of likely N-dealkylation sites (tertiary alicyclic amines) is 1. The van der Waals surface area contributed by atoms with Crippen LogP contribution >= 0.6 is 0 Å². The second kappa shape index (κ2) is 5.03. The van der Waals surface area contributed by atoms with E-state index >= 15 is 0 Å². The lowest BCUT2D eigenvalue weighted by Crippen LogP contribution is -2.37. The minimum Gasteiger partial charge on any atom is -0.459 e. The first-order chi connectivity index (χ1) is 9.66. The van der Waals surface area contributed by atoms with E-state index in [1.807, 2.05) is 11.8 Å². The third-order valence-corrected chi connectivity index (χ3v) is 3.90. The maximum Gasteiger partial charge on any atom is 0.289 e. The SMILES string of the molecule is Cc1c(C2CCN(C(=O)c3ccco3)CC2)noc1N. The Bertz CT molecular complexity index is 595. The number of nitrogens with two attached hydrogens (primary N) is 1. The molecule has 0 aliphatic carbocycles. The highest BCUT2D eigenvalue weighted by atomic mass is 16.5. The molecule has 106 valence electrons. The van der Waals surface area contributed by atoms with Crippen molar-refractivity contribution >= 4 is 11.8 Å². The van der Waals surface area contributed by atoms with Gasteiger partial charge in [0.05, 0.1) is 12.0 Å². The first-order valence-corrected chi connectivity index (χ1v) is 6.71. The number of aromatic nitrogens is 1. The zero-order chi connectivity index (χ0) is 14.1. The Hall–Kier alpha value is -2.24. The number of rotatable bonds is 2. The van der Waals surface area contributed by atoms with Crippen LogP contribution < -0.4 is 5.73 Å². The number of amides is 1. The normalized spacial score (nSPS) is 16.6. The minimum atomic E-state index is -0.0511. The summed E-state index contributed by atoms with van der Waals surface area (Å²) in [6.07, 6.45) is 3.24. The van der Waals surface area contributed by atoms with Gasteiger partial charge in [-0.3, -0.25) is 4.79 Å². The fourth-order valence-electron chi connectivity index (χ4n) is 2.65. The van der Waals surface area contributed by atoms with Crippen molar-refractivity contribution in [2.75, 3.05) is 18.8 Å². The molecule has 2 aromatic rings. The van der Waals surface area contributed by atoms with Gasteiger partial charge in [-0.1, -0.05) is 5.16 Å². The molecule has 1 fully saturated rings. The van der Waals surface area contributed by atoms with Gasteiger partial charge in [0.1, 0.15) is 0 Å². The molecule has 1 amide bonds. The molecule has 6 heteroatoms. The summed E-state index contributed by atoms with van der Waals surface area (Å²) < 4.78 is 10.2. The van der Waals surface area contributed by atoms with Crippen molar-refractivity contribution in [3.8, 4) is 0 Å². The highest BCUT2D eigenvalue weighted by molar-refractivity contribution is 5.91. The fourth-order valence-corrected chi connectivity index (χ4v) is 2.65. The predicted molar refractivity (Wildman–Crippen MR) is 72.2 cm³/mol. The summed E-state index contributed by atoms with van der Waals surface area (Å²) >= 11 is 0. The monoisotopic (exact) mass is 275 g/mol. The zero-order valence-corrected chi connectivity index (χ0v) is 11.3. The third kappa shape index (κ3) is 2.17. The van der Waals surface area contributed by atoms with E-state index in [-0.39, 0.29) is 5.91 Å². The summed E-state index contributed by atoms with van der Waals surface area (Å²) in [5.74, 6) is 1.03. The van der Waals surface area contributed by atoms with Crippen LogP contribution in [0, 0.1) is 6.92 Å². The van der Waals surface area contributed by atoms with Crippen LogP contribution in [0.25, 0.3) is 0 Å². The molecule has 1 aliphatic rings. The Labute approximate surface area is 116 Å². The van der Waals surface area contributed by atoms with Gasteiger partial charge in [0, 0.05) is 24.6 Å². The van der Waals surface area contributed by atoms with Gasteiger partial charge in [-0.15, -0.1) is 0 Å². The van der Waals surface area contributed by atoms with Crippen LogP contribution in [-0.2, 0) is 0 Å². The van der Waals surface area contributed by atoms with Gasteiger partial charge in [0.2, 0.25) is 5.88 Å². The molecule has 2 aromatic heterocycles. The molecule has 0 unspecified atom stereocenters. The lowest BCUT2D eigenvalue weighted by Gasteiger charge is -2.30. The first kappa shape index (κ1) is 12.8. The van der Waals surface area contributed by atoms with E-state index < -0.39 is 0 Å². The quantitative estimate of drug-likeness (QED) is 0.907. The number of hydrogen-bond acceptors (Lipinski definition) is 5. The Balaban J connectivity index is 1.65. The van der Waals surface area contributed by atoms with Gasteiger partial charge in [-0.05, 0) is 31.9 Å². The van der Waals surface area contributed by atoms with Gasteiger partial charge < -0.3 is 19.6 Å². The second-order valence-electron chi connectivity index (χ2n) is 5.10. The summed E-state index contributed by atoms with van der Waals surface area (Å²) in [4.78, 5) is 14.0. The van der Waals surface area contributed by atoms with E-state index in [0.717, 1.165) is 24.1 Å². The molecule has 0 saturated carbocycles. The standard InChI is InChI=1S/C14H17N3O3/c1-9-12(16-20-13(9)15)10-4-6-17(7-5-10)14(18)11-3-2-8-19-11/h2-3,8,10H,4-7,15H2,1H3. The summed E-state index contributed by atoms with van der Waals surface area (Å²) in [7, 11) is 0. The molecule has 0 radical (unpaired) electrons. The molecule has 3 heterocycles. The lowest BCUT2D eigenvalue weighted by molar-refractivity contribution is 0.0679. The number of piperidine rings is 1. The number of hydrogen-bond donors (Lipinski definition) is 1. The van der Waals surface area contributed by atoms with Crippen LogP contribution in [-0.4, -0.2) is 29.1 Å². The number of nitrogens with zero attached hydrogens (tertiary/aromatic N) is 2. The second-order valence-corrected chi connectivity index (χ2v) is 5.10. The molecule has 1 aliphatic heterocycles.